The fourth-order valence-electron chi connectivity index (χ4n) is 2.63. The molecule has 8 nitrogen and oxygen atoms in total. The molecule has 0 unspecified atom stereocenters. The number of hydrogen-bond acceptors (Lipinski definition) is 5. The van der Waals surface area contributed by atoms with Gasteiger partial charge in [0.2, 0.25) is 11.8 Å². The van der Waals surface area contributed by atoms with Crippen molar-refractivity contribution in [2.45, 2.75) is 33.1 Å². The first kappa shape index (κ1) is 22.6. The molecule has 0 atom stereocenters. The van der Waals surface area contributed by atoms with E-state index < -0.39 is 18.5 Å². The molecule has 0 heterocycles. The molecule has 0 bridgehead atoms. The Labute approximate surface area is 175 Å². The molecule has 0 aliphatic rings. The zero-order chi connectivity index (χ0) is 21.9. The monoisotopic (exact) mass is 411 g/mol. The summed E-state index contributed by atoms with van der Waals surface area (Å²) in [5.41, 5.74) is 2.82. The predicted molar refractivity (Wildman–Crippen MR) is 114 cm³/mol. The zero-order valence-corrected chi connectivity index (χ0v) is 17.0. The minimum absolute atomic E-state index is 0.0768. The van der Waals surface area contributed by atoms with Gasteiger partial charge >= 0.3 is 5.97 Å². The summed E-state index contributed by atoms with van der Waals surface area (Å²) in [7, 11) is 0. The van der Waals surface area contributed by atoms with Gasteiger partial charge in [-0.05, 0) is 42.3 Å². The summed E-state index contributed by atoms with van der Waals surface area (Å²) in [5.74, 6) is -1.62. The molecule has 158 valence electrons. The molecule has 3 amide bonds. The Balaban J connectivity index is 1.70. The van der Waals surface area contributed by atoms with E-state index in [1.54, 1.807) is 30.3 Å². The Hall–Kier alpha value is -3.68. The van der Waals surface area contributed by atoms with Crippen molar-refractivity contribution in [3.05, 3.63) is 54.1 Å². The van der Waals surface area contributed by atoms with Gasteiger partial charge in [0.25, 0.3) is 5.91 Å². The lowest BCUT2D eigenvalue weighted by Gasteiger charge is -2.10. The van der Waals surface area contributed by atoms with E-state index in [0.29, 0.717) is 17.1 Å². The minimum Gasteiger partial charge on any atom is -0.456 e. The number of rotatable bonds is 9. The molecule has 0 fully saturated rings. The largest absolute Gasteiger partial charge is 0.456 e. The first-order chi connectivity index (χ1) is 14.4. The second-order valence-electron chi connectivity index (χ2n) is 6.53. The van der Waals surface area contributed by atoms with Gasteiger partial charge in [-0.15, -0.1) is 0 Å². The maximum atomic E-state index is 12.0. The lowest BCUT2D eigenvalue weighted by atomic mass is 10.1. The highest BCUT2D eigenvalue weighted by molar-refractivity contribution is 5.95. The number of nitrogens with one attached hydrogen (secondary N) is 3. The lowest BCUT2D eigenvalue weighted by Crippen LogP contribution is -2.22. The maximum Gasteiger partial charge on any atom is 0.306 e. The van der Waals surface area contributed by atoms with Crippen LogP contribution in [0.25, 0.3) is 0 Å². The highest BCUT2D eigenvalue weighted by atomic mass is 16.5. The number of carbonyl (C=O) groups excluding carboxylic acids is 4. The first-order valence-electron chi connectivity index (χ1n) is 9.58. The van der Waals surface area contributed by atoms with Crippen molar-refractivity contribution in [2.24, 2.45) is 0 Å². The number of ether oxygens (including phenoxy) is 1. The predicted octanol–water partition coefficient (Wildman–Crippen LogP) is 3.11. The second-order valence-corrected chi connectivity index (χ2v) is 6.53. The molecular weight excluding hydrogens is 386 g/mol. The van der Waals surface area contributed by atoms with Crippen LogP contribution in [0.2, 0.25) is 0 Å². The van der Waals surface area contributed by atoms with Crippen LogP contribution in [0.15, 0.2) is 48.5 Å². The van der Waals surface area contributed by atoms with Crippen molar-refractivity contribution in [3.63, 3.8) is 0 Å². The topological polar surface area (TPSA) is 114 Å². The Kier molecular flexibility index (Phi) is 8.56. The molecule has 0 spiro atoms. The second kappa shape index (κ2) is 11.4. The highest BCUT2D eigenvalue weighted by Gasteiger charge is 2.12. The number of amides is 3. The van der Waals surface area contributed by atoms with E-state index >= 15 is 0 Å². The van der Waals surface area contributed by atoms with Gasteiger partial charge in [-0.3, -0.25) is 19.2 Å². The van der Waals surface area contributed by atoms with Gasteiger partial charge in [0.1, 0.15) is 0 Å². The molecule has 0 radical (unpaired) electrons. The van der Waals surface area contributed by atoms with E-state index in [2.05, 4.69) is 16.0 Å². The Bertz CT molecular complexity index is 909. The van der Waals surface area contributed by atoms with E-state index in [1.807, 2.05) is 25.1 Å². The molecule has 0 saturated carbocycles. The normalized spacial score (nSPS) is 10.1. The fraction of sp³-hybridized carbons (Fsp3) is 0.273. The van der Waals surface area contributed by atoms with E-state index in [-0.39, 0.29) is 24.7 Å². The van der Waals surface area contributed by atoms with Crippen LogP contribution in [-0.4, -0.2) is 30.3 Å². The van der Waals surface area contributed by atoms with Gasteiger partial charge in [0.15, 0.2) is 6.61 Å². The van der Waals surface area contributed by atoms with Crippen LogP contribution in [0.3, 0.4) is 0 Å². The van der Waals surface area contributed by atoms with Crippen LogP contribution < -0.4 is 16.0 Å². The number of carbonyl (C=O) groups is 4. The van der Waals surface area contributed by atoms with E-state index in [9.17, 15) is 19.2 Å². The van der Waals surface area contributed by atoms with Crippen molar-refractivity contribution in [1.29, 1.82) is 0 Å². The van der Waals surface area contributed by atoms with Gasteiger partial charge < -0.3 is 20.7 Å². The van der Waals surface area contributed by atoms with Crippen molar-refractivity contribution in [1.82, 2.24) is 0 Å². The van der Waals surface area contributed by atoms with Crippen LogP contribution in [0.1, 0.15) is 32.3 Å². The SMILES string of the molecule is CCc1ccccc1NC(=O)COC(=O)CCC(=O)Nc1ccc(NC(C)=O)cc1. The number of aryl methyl sites for hydroxylation is 1. The number of para-hydroxylation sites is 1. The van der Waals surface area contributed by atoms with Crippen LogP contribution in [0, 0.1) is 0 Å². The molecular formula is C22H25N3O5. The zero-order valence-electron chi connectivity index (χ0n) is 17.0. The van der Waals surface area contributed by atoms with Crippen molar-refractivity contribution >= 4 is 40.8 Å². The quantitative estimate of drug-likeness (QED) is 0.549. The van der Waals surface area contributed by atoms with E-state index in [0.717, 1.165) is 12.0 Å². The average Bonchev–Trinajstić information content (AvgIpc) is 2.72. The van der Waals surface area contributed by atoms with Gasteiger partial charge in [-0.1, -0.05) is 25.1 Å². The van der Waals surface area contributed by atoms with Gasteiger partial charge in [0, 0.05) is 30.4 Å². The molecule has 0 aliphatic carbocycles. The Morgan fingerprint density at radius 1 is 0.800 bits per heavy atom. The van der Waals surface area contributed by atoms with Gasteiger partial charge in [-0.2, -0.15) is 0 Å². The molecule has 8 heteroatoms. The summed E-state index contributed by atoms with van der Waals surface area (Å²) in [6, 6.07) is 14.0. The van der Waals surface area contributed by atoms with Crippen LogP contribution >= 0.6 is 0 Å². The summed E-state index contributed by atoms with van der Waals surface area (Å²) in [5, 5.41) is 7.98. The smallest absolute Gasteiger partial charge is 0.306 e. The molecule has 3 N–H and O–H groups in total. The van der Waals surface area contributed by atoms with Gasteiger partial charge in [0.05, 0.1) is 6.42 Å². The average molecular weight is 411 g/mol. The molecule has 0 saturated heterocycles. The third kappa shape index (κ3) is 7.75. The third-order valence-electron chi connectivity index (χ3n) is 4.08. The Morgan fingerprint density at radius 3 is 2.07 bits per heavy atom. The molecule has 0 aromatic heterocycles. The van der Waals surface area contributed by atoms with Gasteiger partial charge in [-0.25, -0.2) is 0 Å². The summed E-state index contributed by atoms with van der Waals surface area (Å²) < 4.78 is 4.93. The third-order valence-corrected chi connectivity index (χ3v) is 4.08. The minimum atomic E-state index is -0.634. The van der Waals surface area contributed by atoms with Crippen LogP contribution in [0.4, 0.5) is 17.1 Å². The fourth-order valence-corrected chi connectivity index (χ4v) is 2.63. The molecule has 2 aromatic rings. The summed E-state index contributed by atoms with van der Waals surface area (Å²) in [6.07, 6.45) is 0.544. The molecule has 0 aliphatic heterocycles. The van der Waals surface area contributed by atoms with E-state index in [1.165, 1.54) is 6.92 Å². The van der Waals surface area contributed by atoms with Crippen molar-refractivity contribution < 1.29 is 23.9 Å². The molecule has 30 heavy (non-hydrogen) atoms. The summed E-state index contributed by atoms with van der Waals surface area (Å²) >= 11 is 0. The lowest BCUT2D eigenvalue weighted by molar-refractivity contribution is -0.147. The Morgan fingerprint density at radius 2 is 1.43 bits per heavy atom. The highest BCUT2D eigenvalue weighted by Crippen LogP contribution is 2.15. The molecule has 2 aromatic carbocycles. The first-order valence-corrected chi connectivity index (χ1v) is 9.58. The van der Waals surface area contributed by atoms with Crippen LogP contribution in [-0.2, 0) is 30.3 Å². The summed E-state index contributed by atoms with van der Waals surface area (Å²) in [6.45, 7) is 2.97. The summed E-state index contributed by atoms with van der Waals surface area (Å²) in [4.78, 5) is 46.7. The molecule has 2 rings (SSSR count). The number of anilines is 3. The maximum absolute atomic E-state index is 12.0. The van der Waals surface area contributed by atoms with Crippen LogP contribution in [0.5, 0.6) is 0 Å². The van der Waals surface area contributed by atoms with E-state index in [4.69, 9.17) is 4.74 Å². The number of benzene rings is 2. The number of esters is 1. The number of hydrogen-bond donors (Lipinski definition) is 3. The van der Waals surface area contributed by atoms with Crippen molar-refractivity contribution in [2.75, 3.05) is 22.6 Å². The standard InChI is InChI=1S/C22H25N3O5/c1-3-16-6-4-5-7-19(16)25-21(28)14-30-22(29)13-12-20(27)24-18-10-8-17(9-11-18)23-15(2)26/h4-11H,3,12-14H2,1-2H3,(H,23,26)(H,24,27)(H,25,28). The van der Waals surface area contributed by atoms with Crippen molar-refractivity contribution in [3.8, 4) is 0 Å².